The molecule has 0 aliphatic heterocycles. The van der Waals surface area contributed by atoms with Crippen LogP contribution in [0.3, 0.4) is 0 Å². The minimum absolute atomic E-state index is 0.153. The van der Waals surface area contributed by atoms with Gasteiger partial charge in [-0.3, -0.25) is 0 Å². The molecule has 0 saturated heterocycles. The molecule has 102 valence electrons. The maximum Gasteiger partial charge on any atom is 0.314 e. The number of urea groups is 1. The molecule has 0 spiro atoms. The molecule has 2 N–H and O–H groups in total. The van der Waals surface area contributed by atoms with Crippen molar-refractivity contribution in [2.75, 3.05) is 13.6 Å². The minimum atomic E-state index is -0.153. The van der Waals surface area contributed by atoms with E-state index in [2.05, 4.69) is 29.7 Å². The number of hydrogen-bond donors (Lipinski definition) is 2. The number of carbonyl (C=O) groups excluding carboxylic acids is 1. The Bertz CT molecular complexity index is 560. The highest BCUT2D eigenvalue weighted by Crippen LogP contribution is 2.23. The molecule has 0 saturated carbocycles. The molecule has 2 rings (SSSR count). The highest BCUT2D eigenvalue weighted by Gasteiger charge is 2.07. The van der Waals surface area contributed by atoms with Crippen LogP contribution in [-0.4, -0.2) is 19.6 Å². The van der Waals surface area contributed by atoms with E-state index in [4.69, 9.17) is 4.42 Å². The normalized spacial score (nSPS) is 10.6. The molecule has 2 amide bonds. The molecule has 1 heterocycles. The van der Waals surface area contributed by atoms with E-state index < -0.39 is 0 Å². The van der Waals surface area contributed by atoms with E-state index in [9.17, 15) is 4.79 Å². The zero-order valence-electron chi connectivity index (χ0n) is 11.5. The van der Waals surface area contributed by atoms with Gasteiger partial charge in [-0.1, -0.05) is 19.4 Å². The van der Waals surface area contributed by atoms with Gasteiger partial charge < -0.3 is 15.1 Å². The summed E-state index contributed by atoms with van der Waals surface area (Å²) in [6, 6.07) is 6.18. The van der Waals surface area contributed by atoms with E-state index in [-0.39, 0.29) is 6.03 Å². The molecule has 1 aromatic carbocycles. The summed E-state index contributed by atoms with van der Waals surface area (Å²) in [5.41, 5.74) is 3.39. The Kier molecular flexibility index (Phi) is 4.44. The van der Waals surface area contributed by atoms with Crippen LogP contribution in [0.2, 0.25) is 0 Å². The third-order valence-electron chi connectivity index (χ3n) is 3.16. The SMILES string of the molecule is CCCc1ccc2occ(CCNC(=O)NC)c2c1. The smallest absolute Gasteiger partial charge is 0.314 e. The molecule has 0 fully saturated rings. The van der Waals surface area contributed by atoms with Gasteiger partial charge in [-0.2, -0.15) is 0 Å². The van der Waals surface area contributed by atoms with Crippen LogP contribution in [0.5, 0.6) is 0 Å². The summed E-state index contributed by atoms with van der Waals surface area (Å²) < 4.78 is 5.54. The second-order valence-corrected chi connectivity index (χ2v) is 4.60. The average Bonchev–Trinajstić information content (AvgIpc) is 2.82. The first-order chi connectivity index (χ1) is 9.24. The first-order valence-electron chi connectivity index (χ1n) is 6.69. The molecule has 0 unspecified atom stereocenters. The number of amides is 2. The predicted octanol–water partition coefficient (Wildman–Crippen LogP) is 2.86. The fraction of sp³-hybridized carbons (Fsp3) is 0.400. The lowest BCUT2D eigenvalue weighted by Crippen LogP contribution is -2.33. The molecule has 4 nitrogen and oxygen atoms in total. The van der Waals surface area contributed by atoms with E-state index in [1.807, 2.05) is 6.07 Å². The first kappa shape index (κ1) is 13.5. The third-order valence-corrected chi connectivity index (χ3v) is 3.16. The Labute approximate surface area is 113 Å². The highest BCUT2D eigenvalue weighted by atomic mass is 16.3. The van der Waals surface area contributed by atoms with Crippen LogP contribution in [0.1, 0.15) is 24.5 Å². The number of furan rings is 1. The molecular weight excluding hydrogens is 240 g/mol. The van der Waals surface area contributed by atoms with Crippen molar-refractivity contribution in [2.24, 2.45) is 0 Å². The second-order valence-electron chi connectivity index (χ2n) is 4.60. The number of benzene rings is 1. The summed E-state index contributed by atoms with van der Waals surface area (Å²) in [5.74, 6) is 0. The molecule has 0 aliphatic rings. The molecule has 0 aliphatic carbocycles. The van der Waals surface area contributed by atoms with E-state index in [0.29, 0.717) is 6.54 Å². The van der Waals surface area contributed by atoms with Crippen LogP contribution in [0.4, 0.5) is 4.79 Å². The summed E-state index contributed by atoms with van der Waals surface area (Å²) >= 11 is 0. The Hall–Kier alpha value is -1.97. The lowest BCUT2D eigenvalue weighted by molar-refractivity contribution is 0.243. The van der Waals surface area contributed by atoms with Gasteiger partial charge in [-0.25, -0.2) is 4.79 Å². The maximum absolute atomic E-state index is 11.1. The largest absolute Gasteiger partial charge is 0.464 e. The van der Waals surface area contributed by atoms with Crippen LogP contribution >= 0.6 is 0 Å². The van der Waals surface area contributed by atoms with Crippen molar-refractivity contribution in [3.63, 3.8) is 0 Å². The summed E-state index contributed by atoms with van der Waals surface area (Å²) in [5, 5.41) is 6.48. The summed E-state index contributed by atoms with van der Waals surface area (Å²) in [4.78, 5) is 11.1. The van der Waals surface area contributed by atoms with Gasteiger partial charge in [-0.05, 0) is 36.1 Å². The molecule has 19 heavy (non-hydrogen) atoms. The van der Waals surface area contributed by atoms with Gasteiger partial charge in [0.25, 0.3) is 0 Å². The van der Waals surface area contributed by atoms with Gasteiger partial charge in [0.1, 0.15) is 5.58 Å². The van der Waals surface area contributed by atoms with Crippen molar-refractivity contribution in [3.8, 4) is 0 Å². The van der Waals surface area contributed by atoms with E-state index in [1.54, 1.807) is 13.3 Å². The maximum atomic E-state index is 11.1. The van der Waals surface area contributed by atoms with Crippen molar-refractivity contribution in [1.82, 2.24) is 10.6 Å². The summed E-state index contributed by atoms with van der Waals surface area (Å²) in [6.07, 6.45) is 4.77. The molecule has 0 atom stereocenters. The zero-order valence-corrected chi connectivity index (χ0v) is 11.5. The molecule has 4 heteroatoms. The number of carbonyl (C=O) groups is 1. The van der Waals surface area contributed by atoms with Crippen LogP contribution in [0.15, 0.2) is 28.9 Å². The van der Waals surface area contributed by atoms with Gasteiger partial charge in [0.15, 0.2) is 0 Å². The lowest BCUT2D eigenvalue weighted by atomic mass is 10.0. The molecule has 2 aromatic rings. The quantitative estimate of drug-likeness (QED) is 0.868. The molecule has 0 radical (unpaired) electrons. The first-order valence-corrected chi connectivity index (χ1v) is 6.69. The van der Waals surface area contributed by atoms with Crippen molar-refractivity contribution in [1.29, 1.82) is 0 Å². The number of rotatable bonds is 5. The van der Waals surface area contributed by atoms with Gasteiger partial charge in [0.2, 0.25) is 0 Å². The third kappa shape index (κ3) is 3.28. The Morgan fingerprint density at radius 3 is 2.89 bits per heavy atom. The number of nitrogens with one attached hydrogen (secondary N) is 2. The van der Waals surface area contributed by atoms with Crippen molar-refractivity contribution in [2.45, 2.75) is 26.2 Å². The minimum Gasteiger partial charge on any atom is -0.464 e. The second kappa shape index (κ2) is 6.27. The highest BCUT2D eigenvalue weighted by molar-refractivity contribution is 5.82. The topological polar surface area (TPSA) is 54.3 Å². The van der Waals surface area contributed by atoms with E-state index in [0.717, 1.165) is 35.8 Å². The molecular formula is C15H20N2O2. The van der Waals surface area contributed by atoms with Gasteiger partial charge in [0.05, 0.1) is 6.26 Å². The predicted molar refractivity (Wildman–Crippen MR) is 76.4 cm³/mol. The Morgan fingerprint density at radius 2 is 2.16 bits per heavy atom. The lowest BCUT2D eigenvalue weighted by Gasteiger charge is -2.03. The number of fused-ring (bicyclic) bond motifs is 1. The Balaban J connectivity index is 2.09. The van der Waals surface area contributed by atoms with Crippen LogP contribution in [-0.2, 0) is 12.8 Å². The van der Waals surface area contributed by atoms with Crippen LogP contribution in [0, 0.1) is 0 Å². The standard InChI is InChI=1S/C15H20N2O2/c1-3-4-11-5-6-14-13(9-11)12(10-19-14)7-8-17-15(18)16-2/h5-6,9-10H,3-4,7-8H2,1-2H3,(H2,16,17,18). The van der Waals surface area contributed by atoms with Gasteiger partial charge >= 0.3 is 6.03 Å². The monoisotopic (exact) mass is 260 g/mol. The summed E-state index contributed by atoms with van der Waals surface area (Å²) in [7, 11) is 1.61. The van der Waals surface area contributed by atoms with E-state index in [1.165, 1.54) is 5.56 Å². The van der Waals surface area contributed by atoms with Crippen molar-refractivity contribution >= 4 is 17.0 Å². The molecule has 0 bridgehead atoms. The zero-order chi connectivity index (χ0) is 13.7. The Morgan fingerprint density at radius 1 is 1.32 bits per heavy atom. The molecule has 1 aromatic heterocycles. The average molecular weight is 260 g/mol. The number of aryl methyl sites for hydroxylation is 1. The summed E-state index contributed by atoms with van der Waals surface area (Å²) in [6.45, 7) is 2.78. The van der Waals surface area contributed by atoms with Crippen LogP contribution < -0.4 is 10.6 Å². The van der Waals surface area contributed by atoms with Crippen LogP contribution in [0.25, 0.3) is 11.0 Å². The van der Waals surface area contributed by atoms with Crippen molar-refractivity contribution < 1.29 is 9.21 Å². The number of hydrogen-bond acceptors (Lipinski definition) is 2. The van der Waals surface area contributed by atoms with Gasteiger partial charge in [-0.15, -0.1) is 0 Å². The van der Waals surface area contributed by atoms with Gasteiger partial charge in [0, 0.05) is 19.0 Å². The fourth-order valence-electron chi connectivity index (χ4n) is 2.17. The van der Waals surface area contributed by atoms with E-state index >= 15 is 0 Å². The van der Waals surface area contributed by atoms with Crippen molar-refractivity contribution in [3.05, 3.63) is 35.6 Å². The fourth-order valence-corrected chi connectivity index (χ4v) is 2.17.